The van der Waals surface area contributed by atoms with Crippen LogP contribution in [0, 0.1) is 0 Å². The molecule has 3 aromatic rings. The van der Waals surface area contributed by atoms with Gasteiger partial charge in [-0.25, -0.2) is 9.97 Å². The molecular formula is C28H30Cl3N5O4. The van der Waals surface area contributed by atoms with Crippen LogP contribution in [0.4, 0.5) is 11.6 Å². The Bertz CT molecular complexity index is 1270. The molecule has 2 N–H and O–H groups in total. The quantitative estimate of drug-likeness (QED) is 0.375. The maximum absolute atomic E-state index is 12.2. The third-order valence-electron chi connectivity index (χ3n) is 6.96. The SMILES string of the molecule is O=C(Nc1cccc(C2OC(CN3CCN(c4ncccn4)CC3)CC(c3ccc(CO)cc3)O2)c1)C(Cl)(Cl)Cl. The number of hydrogen-bond donors (Lipinski definition) is 2. The number of aliphatic hydroxyl groups is 1. The highest BCUT2D eigenvalue weighted by atomic mass is 35.6. The van der Waals surface area contributed by atoms with E-state index in [1.807, 2.05) is 36.4 Å². The second kappa shape index (κ2) is 13.0. The van der Waals surface area contributed by atoms with Crippen molar-refractivity contribution >= 4 is 52.3 Å². The number of alkyl halides is 3. The summed E-state index contributed by atoms with van der Waals surface area (Å²) >= 11 is 17.2. The van der Waals surface area contributed by atoms with Crippen molar-refractivity contribution in [3.63, 3.8) is 0 Å². The van der Waals surface area contributed by atoms with E-state index < -0.39 is 16.0 Å². The number of anilines is 2. The lowest BCUT2D eigenvalue weighted by Gasteiger charge is -2.40. The van der Waals surface area contributed by atoms with Gasteiger partial charge in [0.05, 0.1) is 18.8 Å². The summed E-state index contributed by atoms with van der Waals surface area (Å²) in [5.74, 6) is -0.00228. The van der Waals surface area contributed by atoms with E-state index in [1.165, 1.54) is 0 Å². The van der Waals surface area contributed by atoms with Gasteiger partial charge in [0.25, 0.3) is 9.70 Å². The van der Waals surface area contributed by atoms with Crippen LogP contribution in [-0.2, 0) is 20.9 Å². The zero-order chi connectivity index (χ0) is 28.1. The predicted molar refractivity (Wildman–Crippen MR) is 154 cm³/mol. The molecule has 0 radical (unpaired) electrons. The van der Waals surface area contributed by atoms with Crippen molar-refractivity contribution in [3.8, 4) is 0 Å². The number of halogens is 3. The van der Waals surface area contributed by atoms with Gasteiger partial charge in [-0.3, -0.25) is 9.69 Å². The van der Waals surface area contributed by atoms with E-state index in [0.717, 1.165) is 55.4 Å². The Morgan fingerprint density at radius 1 is 0.975 bits per heavy atom. The lowest BCUT2D eigenvalue weighted by Crippen LogP contribution is -2.50. The molecule has 2 aromatic carbocycles. The Morgan fingerprint density at radius 2 is 1.70 bits per heavy atom. The van der Waals surface area contributed by atoms with Crippen molar-refractivity contribution < 1.29 is 19.4 Å². The third kappa shape index (κ3) is 7.41. The smallest absolute Gasteiger partial charge is 0.276 e. The van der Waals surface area contributed by atoms with Crippen molar-refractivity contribution in [2.45, 2.75) is 35.3 Å². The summed E-state index contributed by atoms with van der Waals surface area (Å²) in [6.07, 6.45) is 3.17. The molecule has 3 heterocycles. The van der Waals surface area contributed by atoms with E-state index in [9.17, 15) is 9.90 Å². The summed E-state index contributed by atoms with van der Waals surface area (Å²) in [4.78, 5) is 25.5. The lowest BCUT2D eigenvalue weighted by molar-refractivity contribution is -0.253. The fraction of sp³-hybridized carbons (Fsp3) is 0.393. The Balaban J connectivity index is 1.30. The molecule has 3 unspecified atom stereocenters. The average Bonchev–Trinajstić information content (AvgIpc) is 2.97. The predicted octanol–water partition coefficient (Wildman–Crippen LogP) is 4.65. The minimum atomic E-state index is -2.08. The van der Waals surface area contributed by atoms with Crippen LogP contribution in [0.1, 0.15) is 35.5 Å². The van der Waals surface area contributed by atoms with Crippen LogP contribution in [0.15, 0.2) is 67.0 Å². The molecule has 212 valence electrons. The van der Waals surface area contributed by atoms with Crippen LogP contribution in [-0.4, -0.2) is 68.5 Å². The second-order valence-electron chi connectivity index (χ2n) is 9.76. The minimum Gasteiger partial charge on any atom is -0.392 e. The van der Waals surface area contributed by atoms with Crippen LogP contribution < -0.4 is 10.2 Å². The molecule has 5 rings (SSSR count). The van der Waals surface area contributed by atoms with E-state index in [2.05, 4.69) is 25.1 Å². The number of amides is 1. The molecule has 0 spiro atoms. The number of ether oxygens (including phenoxy) is 2. The van der Waals surface area contributed by atoms with E-state index in [1.54, 1.807) is 30.6 Å². The van der Waals surface area contributed by atoms with Crippen molar-refractivity contribution in [2.75, 3.05) is 42.9 Å². The number of aromatic nitrogens is 2. The van der Waals surface area contributed by atoms with Gasteiger partial charge in [-0.15, -0.1) is 0 Å². The zero-order valence-electron chi connectivity index (χ0n) is 21.6. The molecular weight excluding hydrogens is 577 g/mol. The molecule has 1 amide bonds. The topological polar surface area (TPSA) is 100 Å². The number of piperazine rings is 1. The summed E-state index contributed by atoms with van der Waals surface area (Å²) in [5, 5.41) is 12.1. The van der Waals surface area contributed by atoms with Crippen LogP contribution in [0.25, 0.3) is 0 Å². The van der Waals surface area contributed by atoms with Crippen molar-refractivity contribution in [3.05, 3.63) is 83.7 Å². The molecule has 0 saturated carbocycles. The molecule has 2 fully saturated rings. The van der Waals surface area contributed by atoms with Gasteiger partial charge in [0.1, 0.15) is 0 Å². The molecule has 12 heteroatoms. The molecule has 0 bridgehead atoms. The molecule has 2 aliphatic heterocycles. The third-order valence-corrected chi connectivity index (χ3v) is 7.47. The second-order valence-corrected chi connectivity index (χ2v) is 12.0. The monoisotopic (exact) mass is 605 g/mol. The van der Waals surface area contributed by atoms with Crippen LogP contribution >= 0.6 is 34.8 Å². The standard InChI is InChI=1S/C28H30Cl3N5O4/c29-28(30,31)26(38)34-22-4-1-3-21(15-22)25-39-23(16-24(40-25)20-7-5-19(18-37)6-8-20)17-35-11-13-36(14-12-35)27-32-9-2-10-33-27/h1-10,15,23-25,37H,11-14,16-18H2,(H,34,38). The number of rotatable bonds is 7. The molecule has 1 aromatic heterocycles. The van der Waals surface area contributed by atoms with E-state index in [-0.39, 0.29) is 18.8 Å². The lowest BCUT2D eigenvalue weighted by atomic mass is 9.99. The maximum Gasteiger partial charge on any atom is 0.276 e. The van der Waals surface area contributed by atoms with Crippen LogP contribution in [0.2, 0.25) is 0 Å². The average molecular weight is 607 g/mol. The van der Waals surface area contributed by atoms with E-state index >= 15 is 0 Å². The summed E-state index contributed by atoms with van der Waals surface area (Å²) in [5.41, 5.74) is 3.03. The van der Waals surface area contributed by atoms with Crippen molar-refractivity contribution in [2.24, 2.45) is 0 Å². The number of benzene rings is 2. The first-order valence-corrected chi connectivity index (χ1v) is 14.1. The highest BCUT2D eigenvalue weighted by molar-refractivity contribution is 6.76. The summed E-state index contributed by atoms with van der Waals surface area (Å²) in [6, 6.07) is 16.7. The molecule has 2 aliphatic rings. The largest absolute Gasteiger partial charge is 0.392 e. The zero-order valence-corrected chi connectivity index (χ0v) is 23.9. The number of nitrogens with one attached hydrogen (secondary N) is 1. The maximum atomic E-state index is 12.2. The first kappa shape index (κ1) is 29.0. The first-order chi connectivity index (χ1) is 19.3. The normalized spacial score (nSPS) is 22.2. The summed E-state index contributed by atoms with van der Waals surface area (Å²) < 4.78 is 10.8. The fourth-order valence-electron chi connectivity index (χ4n) is 4.87. The van der Waals surface area contributed by atoms with E-state index in [0.29, 0.717) is 12.1 Å². The first-order valence-electron chi connectivity index (χ1n) is 13.0. The van der Waals surface area contributed by atoms with Gasteiger partial charge in [0.15, 0.2) is 6.29 Å². The molecule has 3 atom stereocenters. The summed E-state index contributed by atoms with van der Waals surface area (Å²) in [6.45, 7) is 4.09. The van der Waals surface area contributed by atoms with Crippen LogP contribution in [0.3, 0.4) is 0 Å². The Kier molecular flexibility index (Phi) is 9.42. The van der Waals surface area contributed by atoms with Crippen LogP contribution in [0.5, 0.6) is 0 Å². The Morgan fingerprint density at radius 3 is 2.38 bits per heavy atom. The van der Waals surface area contributed by atoms with Crippen molar-refractivity contribution in [1.29, 1.82) is 0 Å². The number of nitrogens with zero attached hydrogens (tertiary/aromatic N) is 4. The number of aliphatic hydroxyl groups excluding tert-OH is 1. The molecule has 9 nitrogen and oxygen atoms in total. The Labute approximate surface area is 248 Å². The highest BCUT2D eigenvalue weighted by Crippen LogP contribution is 2.39. The van der Waals surface area contributed by atoms with E-state index in [4.69, 9.17) is 44.3 Å². The van der Waals surface area contributed by atoms with Crippen molar-refractivity contribution in [1.82, 2.24) is 14.9 Å². The number of carbonyl (C=O) groups excluding carboxylic acids is 1. The van der Waals surface area contributed by atoms with Gasteiger partial charge in [0.2, 0.25) is 5.95 Å². The van der Waals surface area contributed by atoms with Gasteiger partial charge in [-0.05, 0) is 29.3 Å². The molecule has 40 heavy (non-hydrogen) atoms. The fourth-order valence-corrected chi connectivity index (χ4v) is 5.01. The molecule has 2 saturated heterocycles. The van der Waals surface area contributed by atoms with Gasteiger partial charge in [0, 0.05) is 62.8 Å². The van der Waals surface area contributed by atoms with Gasteiger partial charge in [-0.2, -0.15) is 0 Å². The minimum absolute atomic E-state index is 0.0210. The number of hydrogen-bond acceptors (Lipinski definition) is 8. The van der Waals surface area contributed by atoms with Gasteiger partial charge < -0.3 is 24.8 Å². The summed E-state index contributed by atoms with van der Waals surface area (Å²) in [7, 11) is 0. The Hall–Kier alpha value is -2.50. The highest BCUT2D eigenvalue weighted by Gasteiger charge is 2.35. The number of carbonyl (C=O) groups is 1. The van der Waals surface area contributed by atoms with Gasteiger partial charge >= 0.3 is 0 Å². The van der Waals surface area contributed by atoms with Gasteiger partial charge in [-0.1, -0.05) is 71.2 Å². The molecule has 0 aliphatic carbocycles.